The summed E-state index contributed by atoms with van der Waals surface area (Å²) in [4.78, 5) is 59.3. The molecule has 0 aromatic rings. The molecule has 1 fully saturated rings. The van der Waals surface area contributed by atoms with Crippen molar-refractivity contribution in [2.75, 3.05) is 19.5 Å². The van der Waals surface area contributed by atoms with E-state index in [1.165, 1.54) is 7.11 Å². The van der Waals surface area contributed by atoms with Gasteiger partial charge in [0, 0.05) is 24.9 Å². The van der Waals surface area contributed by atoms with Crippen molar-refractivity contribution in [3.05, 3.63) is 11.3 Å². The van der Waals surface area contributed by atoms with Crippen molar-refractivity contribution >= 4 is 41.6 Å². The van der Waals surface area contributed by atoms with E-state index in [2.05, 4.69) is 10.1 Å². The SMILES string of the molecule is CO[C@@]1(NC(=O)CCCC(N)C(=O)O)C(=O)N2C(C(=O)O)=C(COC(N)=O)CSC21. The first-order valence-electron chi connectivity index (χ1n) is 8.72. The topological polar surface area (TPSA) is 212 Å². The molecule has 2 aliphatic heterocycles. The zero-order valence-corrected chi connectivity index (χ0v) is 16.8. The number of thioether (sulfide) groups is 1. The number of carboxylic acids is 2. The molecule has 2 unspecified atom stereocenters. The molecule has 30 heavy (non-hydrogen) atoms. The van der Waals surface area contributed by atoms with Gasteiger partial charge in [-0.25, -0.2) is 9.59 Å². The molecule has 2 aliphatic rings. The van der Waals surface area contributed by atoms with Gasteiger partial charge in [-0.2, -0.15) is 0 Å². The summed E-state index contributed by atoms with van der Waals surface area (Å²) in [6.07, 6.45) is -0.953. The molecule has 1 saturated heterocycles. The third-order valence-corrected chi connectivity index (χ3v) is 5.96. The molecule has 166 valence electrons. The number of nitrogens with zero attached hydrogens (tertiary/aromatic N) is 1. The Labute approximate surface area is 174 Å². The van der Waals surface area contributed by atoms with Gasteiger partial charge in [0.25, 0.3) is 11.6 Å². The maximum absolute atomic E-state index is 12.8. The van der Waals surface area contributed by atoms with Gasteiger partial charge in [-0.3, -0.25) is 19.3 Å². The van der Waals surface area contributed by atoms with Gasteiger partial charge in [0.2, 0.25) is 5.91 Å². The third kappa shape index (κ3) is 4.49. The molecule has 2 rings (SSSR count). The number of rotatable bonds is 10. The number of methoxy groups -OCH3 is 1. The average molecular weight is 446 g/mol. The van der Waals surface area contributed by atoms with Gasteiger partial charge in [-0.1, -0.05) is 0 Å². The molecular weight excluding hydrogens is 424 g/mol. The molecule has 13 nitrogen and oxygen atoms in total. The molecule has 7 N–H and O–H groups in total. The normalized spacial score (nSPS) is 23.9. The van der Waals surface area contributed by atoms with E-state index < -0.39 is 53.6 Å². The Hall–Kier alpha value is -2.84. The van der Waals surface area contributed by atoms with Gasteiger partial charge in [0.15, 0.2) is 0 Å². The fraction of sp³-hybridized carbons (Fsp3) is 0.562. The Morgan fingerprint density at radius 3 is 2.57 bits per heavy atom. The van der Waals surface area contributed by atoms with Crippen LogP contribution in [0.1, 0.15) is 19.3 Å². The number of hydrogen-bond acceptors (Lipinski definition) is 9. The lowest BCUT2D eigenvalue weighted by Gasteiger charge is -2.55. The van der Waals surface area contributed by atoms with E-state index in [1.54, 1.807) is 0 Å². The first-order valence-corrected chi connectivity index (χ1v) is 9.77. The maximum atomic E-state index is 12.8. The average Bonchev–Trinajstić information content (AvgIpc) is 2.68. The van der Waals surface area contributed by atoms with Crippen molar-refractivity contribution in [3.8, 4) is 0 Å². The molecule has 0 saturated carbocycles. The zero-order chi connectivity index (χ0) is 22.6. The van der Waals surface area contributed by atoms with Gasteiger partial charge in [-0.15, -0.1) is 11.8 Å². The number of nitrogens with one attached hydrogen (secondary N) is 1. The first kappa shape index (κ1) is 23.4. The first-order chi connectivity index (χ1) is 14.0. The number of amides is 3. The van der Waals surface area contributed by atoms with E-state index in [4.69, 9.17) is 21.3 Å². The fourth-order valence-corrected chi connectivity index (χ4v) is 4.51. The summed E-state index contributed by atoms with van der Waals surface area (Å²) in [5, 5.41) is 19.9. The van der Waals surface area contributed by atoms with Crippen molar-refractivity contribution in [2.45, 2.75) is 36.4 Å². The standard InChI is InChI=1S/C16H22N4O9S/c1-28-16(19-9(21)4-2-3-8(17)11(22)23)13(26)20-10(12(24)25)7(5-29-15(18)27)6-30-14(16)20/h8,14H,2-6,17H2,1H3,(H2,18,27)(H,19,21)(H,22,23)(H,24,25)/t8?,14?,16-/m0/s1. The number of primary amides is 1. The quantitative estimate of drug-likeness (QED) is 0.190. The van der Waals surface area contributed by atoms with Crippen molar-refractivity contribution in [3.63, 3.8) is 0 Å². The zero-order valence-electron chi connectivity index (χ0n) is 16.0. The molecule has 0 radical (unpaired) electrons. The molecule has 0 aromatic heterocycles. The van der Waals surface area contributed by atoms with Gasteiger partial charge in [0.1, 0.15) is 23.7 Å². The molecular formula is C16H22N4O9S. The highest BCUT2D eigenvalue weighted by Crippen LogP contribution is 2.46. The summed E-state index contributed by atoms with van der Waals surface area (Å²) in [6.45, 7) is -0.392. The number of hydrogen-bond donors (Lipinski definition) is 5. The van der Waals surface area contributed by atoms with E-state index in [-0.39, 0.29) is 36.3 Å². The van der Waals surface area contributed by atoms with Crippen molar-refractivity contribution < 1.29 is 43.7 Å². The Bertz CT molecular complexity index is 802. The van der Waals surface area contributed by atoms with Crippen molar-refractivity contribution in [2.24, 2.45) is 11.5 Å². The number of carbonyl (C=O) groups is 5. The van der Waals surface area contributed by atoms with Crippen LogP contribution < -0.4 is 16.8 Å². The fourth-order valence-electron chi connectivity index (χ4n) is 3.09. The number of β-lactam (4-membered cyclic amide) rings is 1. The van der Waals surface area contributed by atoms with Crippen LogP contribution in [-0.4, -0.2) is 81.6 Å². The summed E-state index contributed by atoms with van der Waals surface area (Å²) in [5.74, 6) is -3.87. The van der Waals surface area contributed by atoms with E-state index >= 15 is 0 Å². The van der Waals surface area contributed by atoms with Crippen LogP contribution in [0.15, 0.2) is 11.3 Å². The number of nitrogens with two attached hydrogens (primary N) is 2. The van der Waals surface area contributed by atoms with Crippen LogP contribution in [0.5, 0.6) is 0 Å². The lowest BCUT2D eigenvalue weighted by Crippen LogP contribution is -2.80. The van der Waals surface area contributed by atoms with E-state index in [9.17, 15) is 29.1 Å². The third-order valence-electron chi connectivity index (χ3n) is 4.58. The van der Waals surface area contributed by atoms with E-state index in [0.717, 1.165) is 16.7 Å². The minimum absolute atomic E-state index is 0.0656. The number of fused-ring (bicyclic) bond motifs is 1. The van der Waals surface area contributed by atoms with Gasteiger partial charge in [0.05, 0.1) is 0 Å². The van der Waals surface area contributed by atoms with Crippen LogP contribution in [0.3, 0.4) is 0 Å². The monoisotopic (exact) mass is 446 g/mol. The molecule has 3 atom stereocenters. The highest BCUT2D eigenvalue weighted by Gasteiger charge is 2.66. The number of carboxylic acid groups (broad SMARTS) is 2. The number of aliphatic carboxylic acids is 2. The Kier molecular flexibility index (Phi) is 7.28. The second kappa shape index (κ2) is 9.32. The molecule has 2 heterocycles. The molecule has 0 aromatic carbocycles. The Morgan fingerprint density at radius 2 is 2.03 bits per heavy atom. The van der Waals surface area contributed by atoms with Crippen LogP contribution in [0.4, 0.5) is 4.79 Å². The Balaban J connectivity index is 2.11. The summed E-state index contributed by atoms with van der Waals surface area (Å²) in [7, 11) is 1.20. The summed E-state index contributed by atoms with van der Waals surface area (Å²) >= 11 is 1.12. The van der Waals surface area contributed by atoms with Gasteiger partial charge >= 0.3 is 18.0 Å². The summed E-state index contributed by atoms with van der Waals surface area (Å²) in [5.41, 5.74) is 8.33. The molecule has 3 amide bonds. The van der Waals surface area contributed by atoms with Crippen LogP contribution in [-0.2, 0) is 28.7 Å². The predicted molar refractivity (Wildman–Crippen MR) is 101 cm³/mol. The maximum Gasteiger partial charge on any atom is 0.404 e. The smallest absolute Gasteiger partial charge is 0.404 e. The van der Waals surface area contributed by atoms with E-state index in [1.807, 2.05) is 0 Å². The van der Waals surface area contributed by atoms with Crippen LogP contribution in [0, 0.1) is 0 Å². The molecule has 0 aliphatic carbocycles. The molecule has 14 heteroatoms. The van der Waals surface area contributed by atoms with Gasteiger partial charge in [-0.05, 0) is 12.8 Å². The van der Waals surface area contributed by atoms with Crippen LogP contribution in [0.25, 0.3) is 0 Å². The summed E-state index contributed by atoms with van der Waals surface area (Å²) in [6, 6.07) is -1.10. The van der Waals surface area contributed by atoms with E-state index in [0.29, 0.717) is 0 Å². The number of ether oxygens (including phenoxy) is 2. The minimum Gasteiger partial charge on any atom is -0.480 e. The highest BCUT2D eigenvalue weighted by atomic mass is 32.2. The highest BCUT2D eigenvalue weighted by molar-refractivity contribution is 8.00. The Morgan fingerprint density at radius 1 is 1.37 bits per heavy atom. The minimum atomic E-state index is -1.77. The van der Waals surface area contributed by atoms with Crippen LogP contribution in [0.2, 0.25) is 0 Å². The lowest BCUT2D eigenvalue weighted by atomic mass is 9.97. The van der Waals surface area contributed by atoms with Crippen molar-refractivity contribution in [1.82, 2.24) is 10.2 Å². The van der Waals surface area contributed by atoms with Gasteiger partial charge < -0.3 is 36.5 Å². The van der Waals surface area contributed by atoms with Crippen molar-refractivity contribution in [1.29, 1.82) is 0 Å². The second-order valence-electron chi connectivity index (χ2n) is 6.53. The largest absolute Gasteiger partial charge is 0.480 e. The predicted octanol–water partition coefficient (Wildman–Crippen LogP) is -1.62. The molecule has 0 bridgehead atoms. The molecule has 0 spiro atoms. The number of carbonyl (C=O) groups excluding carboxylic acids is 3. The summed E-state index contributed by atoms with van der Waals surface area (Å²) < 4.78 is 9.91. The second-order valence-corrected chi connectivity index (χ2v) is 7.60. The lowest BCUT2D eigenvalue weighted by molar-refractivity contribution is -0.192. The van der Waals surface area contributed by atoms with Crippen LogP contribution >= 0.6 is 11.8 Å².